The van der Waals surface area contributed by atoms with Crippen molar-refractivity contribution in [1.82, 2.24) is 15.1 Å². The fourth-order valence-corrected chi connectivity index (χ4v) is 4.53. The number of thiophene rings is 1. The lowest BCUT2D eigenvalue weighted by molar-refractivity contribution is -0.135. The van der Waals surface area contributed by atoms with Crippen LogP contribution in [0.2, 0.25) is 0 Å². The largest absolute Gasteiger partial charge is 0.317 e. The van der Waals surface area contributed by atoms with Crippen LogP contribution in [0, 0.1) is 5.92 Å². The van der Waals surface area contributed by atoms with Gasteiger partial charge in [0.25, 0.3) is 0 Å². The molecule has 5 heterocycles. The van der Waals surface area contributed by atoms with Crippen LogP contribution in [0.25, 0.3) is 0 Å². The normalized spacial score (nSPS) is 38.1. The van der Waals surface area contributed by atoms with Crippen molar-refractivity contribution in [2.24, 2.45) is 5.92 Å². The second-order valence-corrected chi connectivity index (χ2v) is 6.63. The van der Waals surface area contributed by atoms with E-state index < -0.39 is 0 Å². The van der Waals surface area contributed by atoms with Gasteiger partial charge < -0.3 is 9.80 Å². The number of hydrogen-bond acceptors (Lipinski definition) is 4. The summed E-state index contributed by atoms with van der Waals surface area (Å²) in [5.74, 6) is 0.977. The molecule has 0 radical (unpaired) electrons. The zero-order valence-electron chi connectivity index (χ0n) is 10.9. The Hall–Kier alpha value is -0.910. The van der Waals surface area contributed by atoms with Gasteiger partial charge in [-0.05, 0) is 54.2 Å². The van der Waals surface area contributed by atoms with E-state index in [9.17, 15) is 4.79 Å². The molecule has 1 aromatic heterocycles. The van der Waals surface area contributed by atoms with Gasteiger partial charge in [-0.25, -0.2) is 0 Å². The van der Waals surface area contributed by atoms with Crippen molar-refractivity contribution in [3.63, 3.8) is 0 Å². The quantitative estimate of drug-likeness (QED) is 0.884. The fourth-order valence-electron chi connectivity index (χ4n) is 3.85. The minimum absolute atomic E-state index is 0.101. The first-order valence-electron chi connectivity index (χ1n) is 7.12. The lowest BCUT2D eigenvalue weighted by Crippen LogP contribution is -2.58. The van der Waals surface area contributed by atoms with Crippen molar-refractivity contribution >= 4 is 17.2 Å². The molecule has 2 bridgehead atoms. The third kappa shape index (κ3) is 1.91. The summed E-state index contributed by atoms with van der Waals surface area (Å²) in [5, 5.41) is 7.63. The molecule has 4 nitrogen and oxygen atoms in total. The zero-order chi connectivity index (χ0) is 12.8. The molecule has 2 atom stereocenters. The zero-order valence-corrected chi connectivity index (χ0v) is 11.7. The standard InChI is InChI=1S/C14H19N3OS/c18-13-7-15-14(11-3-6-19-9-11)17(13)12-8-16-4-1-10(12)2-5-16/h3,6,9-10,12,14-15H,1-2,4-5,7-8H2. The van der Waals surface area contributed by atoms with E-state index in [1.807, 2.05) is 0 Å². The van der Waals surface area contributed by atoms with Crippen LogP contribution >= 0.6 is 11.3 Å². The van der Waals surface area contributed by atoms with Crippen molar-refractivity contribution in [2.45, 2.75) is 25.0 Å². The van der Waals surface area contributed by atoms with Gasteiger partial charge in [-0.3, -0.25) is 10.1 Å². The summed E-state index contributed by atoms with van der Waals surface area (Å²) in [6.07, 6.45) is 2.61. The van der Waals surface area contributed by atoms with Crippen molar-refractivity contribution in [3.05, 3.63) is 22.4 Å². The van der Waals surface area contributed by atoms with Crippen LogP contribution in [0.1, 0.15) is 24.6 Å². The smallest absolute Gasteiger partial charge is 0.238 e. The molecule has 0 aliphatic carbocycles. The van der Waals surface area contributed by atoms with Crippen LogP contribution in [0.5, 0.6) is 0 Å². The molecule has 4 saturated heterocycles. The fraction of sp³-hybridized carbons (Fsp3) is 0.643. The van der Waals surface area contributed by atoms with E-state index in [1.54, 1.807) is 11.3 Å². The maximum atomic E-state index is 12.3. The van der Waals surface area contributed by atoms with Gasteiger partial charge >= 0.3 is 0 Å². The first-order valence-corrected chi connectivity index (χ1v) is 8.06. The Labute approximate surface area is 117 Å². The van der Waals surface area contributed by atoms with Gasteiger partial charge in [-0.2, -0.15) is 11.3 Å². The van der Waals surface area contributed by atoms with Gasteiger partial charge in [0, 0.05) is 12.6 Å². The van der Waals surface area contributed by atoms with Crippen molar-refractivity contribution in [3.8, 4) is 0 Å². The number of fused-ring (bicyclic) bond motifs is 3. The van der Waals surface area contributed by atoms with Crippen LogP contribution in [0.15, 0.2) is 16.8 Å². The number of nitrogens with zero attached hydrogens (tertiary/aromatic N) is 2. The van der Waals surface area contributed by atoms with E-state index in [0.29, 0.717) is 18.5 Å². The Kier molecular flexibility index (Phi) is 2.86. The van der Waals surface area contributed by atoms with Crippen LogP contribution in [-0.2, 0) is 4.79 Å². The molecule has 4 fully saturated rings. The molecular weight excluding hydrogens is 258 g/mol. The first kappa shape index (κ1) is 11.9. The minimum Gasteiger partial charge on any atom is -0.317 e. The van der Waals surface area contributed by atoms with E-state index in [0.717, 1.165) is 6.54 Å². The maximum absolute atomic E-state index is 12.3. The summed E-state index contributed by atoms with van der Waals surface area (Å²) >= 11 is 1.70. The molecule has 4 aliphatic heterocycles. The molecule has 0 spiro atoms. The summed E-state index contributed by atoms with van der Waals surface area (Å²) in [6, 6.07) is 2.55. The highest BCUT2D eigenvalue weighted by molar-refractivity contribution is 7.07. The van der Waals surface area contributed by atoms with Crippen LogP contribution in [0.3, 0.4) is 0 Å². The molecule has 2 unspecified atom stereocenters. The Morgan fingerprint density at radius 3 is 2.79 bits per heavy atom. The predicted octanol–water partition coefficient (Wildman–Crippen LogP) is 1.27. The Morgan fingerprint density at radius 2 is 2.16 bits per heavy atom. The van der Waals surface area contributed by atoms with E-state index in [1.165, 1.54) is 31.5 Å². The van der Waals surface area contributed by atoms with Gasteiger partial charge in [-0.15, -0.1) is 0 Å². The number of rotatable bonds is 2. The number of hydrogen-bond donors (Lipinski definition) is 1. The van der Waals surface area contributed by atoms with Crippen molar-refractivity contribution < 1.29 is 4.79 Å². The minimum atomic E-state index is 0.101. The van der Waals surface area contributed by atoms with Crippen molar-refractivity contribution in [2.75, 3.05) is 26.2 Å². The third-order valence-electron chi connectivity index (χ3n) is 4.85. The van der Waals surface area contributed by atoms with Gasteiger partial charge in [0.05, 0.1) is 6.54 Å². The molecule has 1 aromatic rings. The average Bonchev–Trinajstić information content (AvgIpc) is 3.09. The highest BCUT2D eigenvalue weighted by Crippen LogP contribution is 2.36. The SMILES string of the molecule is O=C1CNC(c2ccsc2)N1C1CN2CCC1CC2. The predicted molar refractivity (Wildman–Crippen MR) is 74.9 cm³/mol. The summed E-state index contributed by atoms with van der Waals surface area (Å²) in [5.41, 5.74) is 1.24. The highest BCUT2D eigenvalue weighted by atomic mass is 32.1. The number of nitrogens with one attached hydrogen (secondary N) is 1. The molecule has 102 valence electrons. The Bertz CT molecular complexity index is 467. The second kappa shape index (κ2) is 4.58. The number of piperidine rings is 3. The summed E-state index contributed by atoms with van der Waals surface area (Å²) < 4.78 is 0. The second-order valence-electron chi connectivity index (χ2n) is 5.85. The monoisotopic (exact) mass is 277 g/mol. The Balaban J connectivity index is 1.62. The summed E-state index contributed by atoms with van der Waals surface area (Å²) in [6.45, 7) is 4.00. The molecular formula is C14H19N3OS. The topological polar surface area (TPSA) is 35.6 Å². The average molecular weight is 277 g/mol. The van der Waals surface area contributed by atoms with E-state index in [4.69, 9.17) is 0 Å². The summed E-state index contributed by atoms with van der Waals surface area (Å²) in [4.78, 5) is 17.0. The van der Waals surface area contributed by atoms with Gasteiger partial charge in [0.2, 0.25) is 5.91 Å². The van der Waals surface area contributed by atoms with Gasteiger partial charge in [-0.1, -0.05) is 0 Å². The first-order chi connectivity index (χ1) is 9.33. The van der Waals surface area contributed by atoms with E-state index >= 15 is 0 Å². The molecule has 1 N–H and O–H groups in total. The number of amides is 1. The molecule has 0 saturated carbocycles. The summed E-state index contributed by atoms with van der Waals surface area (Å²) in [7, 11) is 0. The lowest BCUT2D eigenvalue weighted by atomic mass is 9.83. The third-order valence-corrected chi connectivity index (χ3v) is 5.55. The maximum Gasteiger partial charge on any atom is 0.238 e. The number of carbonyl (C=O) groups is 1. The van der Waals surface area contributed by atoms with Gasteiger partial charge in [0.1, 0.15) is 6.17 Å². The van der Waals surface area contributed by atoms with Crippen LogP contribution in [0.4, 0.5) is 0 Å². The number of carbonyl (C=O) groups excluding carboxylic acids is 1. The Morgan fingerprint density at radius 1 is 1.32 bits per heavy atom. The lowest BCUT2D eigenvalue weighted by Gasteiger charge is -2.49. The molecule has 4 aliphatic rings. The molecule has 0 aromatic carbocycles. The molecule has 1 amide bonds. The van der Waals surface area contributed by atoms with Crippen LogP contribution in [-0.4, -0.2) is 47.9 Å². The van der Waals surface area contributed by atoms with Crippen molar-refractivity contribution in [1.29, 1.82) is 0 Å². The van der Waals surface area contributed by atoms with Gasteiger partial charge in [0.15, 0.2) is 0 Å². The van der Waals surface area contributed by atoms with E-state index in [2.05, 4.69) is 31.9 Å². The van der Waals surface area contributed by atoms with E-state index in [-0.39, 0.29) is 12.1 Å². The highest BCUT2D eigenvalue weighted by Gasteiger charge is 2.44. The molecule has 5 heteroatoms. The molecule has 5 rings (SSSR count). The van der Waals surface area contributed by atoms with Crippen LogP contribution < -0.4 is 5.32 Å². The molecule has 19 heavy (non-hydrogen) atoms.